The van der Waals surface area contributed by atoms with Gasteiger partial charge < -0.3 is 10.5 Å². The van der Waals surface area contributed by atoms with Crippen LogP contribution in [0.3, 0.4) is 0 Å². The molecule has 0 aliphatic heterocycles. The van der Waals surface area contributed by atoms with Crippen molar-refractivity contribution in [1.82, 2.24) is 0 Å². The van der Waals surface area contributed by atoms with Crippen LogP contribution in [0.25, 0.3) is 0 Å². The van der Waals surface area contributed by atoms with Gasteiger partial charge >= 0.3 is 0 Å². The molecule has 0 bridgehead atoms. The van der Waals surface area contributed by atoms with Gasteiger partial charge in [-0.2, -0.15) is 0 Å². The van der Waals surface area contributed by atoms with Crippen molar-refractivity contribution in [2.45, 2.75) is 17.4 Å². The molecule has 0 saturated heterocycles. The molecule has 0 unspecified atom stereocenters. The molecule has 0 heterocycles. The maximum absolute atomic E-state index is 13.8. The van der Waals surface area contributed by atoms with Crippen LogP contribution < -0.4 is 5.73 Å². The van der Waals surface area contributed by atoms with E-state index in [2.05, 4.69) is 0 Å². The molecular formula is C18H19F2NOS. The van der Waals surface area contributed by atoms with E-state index in [1.165, 1.54) is 11.8 Å². The molecule has 2 aromatic carbocycles. The van der Waals surface area contributed by atoms with Crippen LogP contribution in [0.1, 0.15) is 5.56 Å². The van der Waals surface area contributed by atoms with Gasteiger partial charge in [-0.25, -0.2) is 8.78 Å². The second kappa shape index (κ2) is 6.89. The molecule has 2 atom stereocenters. The van der Waals surface area contributed by atoms with Crippen molar-refractivity contribution in [2.24, 2.45) is 11.8 Å². The van der Waals surface area contributed by atoms with Gasteiger partial charge in [-0.05, 0) is 29.8 Å². The van der Waals surface area contributed by atoms with Crippen molar-refractivity contribution < 1.29 is 13.5 Å². The SMILES string of the molecule is Nc1ccc(SC[C@H]2[C@@H](COCc3ccccc3)C2(F)F)cc1. The van der Waals surface area contributed by atoms with E-state index in [1.54, 1.807) is 12.1 Å². The number of rotatable bonds is 7. The molecule has 0 spiro atoms. The van der Waals surface area contributed by atoms with Crippen LogP contribution in [0.5, 0.6) is 0 Å². The van der Waals surface area contributed by atoms with Crippen LogP contribution in [0.4, 0.5) is 14.5 Å². The Morgan fingerprint density at radius 1 is 1.00 bits per heavy atom. The first-order valence-electron chi connectivity index (χ1n) is 7.55. The number of thioether (sulfide) groups is 1. The Morgan fingerprint density at radius 2 is 1.70 bits per heavy atom. The van der Waals surface area contributed by atoms with Gasteiger partial charge in [0.25, 0.3) is 5.92 Å². The largest absolute Gasteiger partial charge is 0.399 e. The summed E-state index contributed by atoms with van der Waals surface area (Å²) in [6, 6.07) is 16.9. The molecule has 0 radical (unpaired) electrons. The summed E-state index contributed by atoms with van der Waals surface area (Å²) < 4.78 is 33.2. The lowest BCUT2D eigenvalue weighted by molar-refractivity contribution is 0.0467. The number of ether oxygens (including phenoxy) is 1. The van der Waals surface area contributed by atoms with Crippen LogP contribution in [-0.2, 0) is 11.3 Å². The summed E-state index contributed by atoms with van der Waals surface area (Å²) in [5.41, 5.74) is 7.30. The smallest absolute Gasteiger partial charge is 0.257 e. The molecule has 1 aliphatic rings. The summed E-state index contributed by atoms with van der Waals surface area (Å²) in [5, 5.41) is 0. The van der Waals surface area contributed by atoms with Gasteiger partial charge in [0.2, 0.25) is 0 Å². The van der Waals surface area contributed by atoms with E-state index in [0.717, 1.165) is 10.5 Å². The summed E-state index contributed by atoms with van der Waals surface area (Å²) in [4.78, 5) is 0.964. The van der Waals surface area contributed by atoms with Crippen molar-refractivity contribution in [1.29, 1.82) is 0 Å². The van der Waals surface area contributed by atoms with Gasteiger partial charge in [-0.3, -0.25) is 0 Å². The number of nitrogens with two attached hydrogens (primary N) is 1. The molecule has 2 nitrogen and oxygen atoms in total. The number of hydrogen-bond acceptors (Lipinski definition) is 3. The normalized spacial score (nSPS) is 22.0. The van der Waals surface area contributed by atoms with Crippen LogP contribution in [0.15, 0.2) is 59.5 Å². The zero-order chi connectivity index (χ0) is 16.3. The topological polar surface area (TPSA) is 35.2 Å². The Balaban J connectivity index is 1.44. The molecule has 122 valence electrons. The monoisotopic (exact) mass is 335 g/mol. The van der Waals surface area contributed by atoms with E-state index in [-0.39, 0.29) is 6.61 Å². The van der Waals surface area contributed by atoms with Crippen molar-refractivity contribution in [3.05, 3.63) is 60.2 Å². The van der Waals surface area contributed by atoms with Gasteiger partial charge in [0, 0.05) is 22.3 Å². The fourth-order valence-corrected chi connectivity index (χ4v) is 3.70. The van der Waals surface area contributed by atoms with Gasteiger partial charge in [0.15, 0.2) is 0 Å². The van der Waals surface area contributed by atoms with Crippen molar-refractivity contribution in [2.75, 3.05) is 18.1 Å². The number of benzene rings is 2. The first-order valence-corrected chi connectivity index (χ1v) is 8.54. The third kappa shape index (κ3) is 4.03. The summed E-state index contributed by atoms with van der Waals surface area (Å²) in [6.07, 6.45) is 0. The average molecular weight is 335 g/mol. The van der Waals surface area contributed by atoms with E-state index >= 15 is 0 Å². The van der Waals surface area contributed by atoms with Crippen molar-refractivity contribution >= 4 is 17.4 Å². The zero-order valence-corrected chi connectivity index (χ0v) is 13.4. The lowest BCUT2D eigenvalue weighted by Gasteiger charge is -2.03. The highest BCUT2D eigenvalue weighted by Gasteiger charge is 2.67. The average Bonchev–Trinajstić information content (AvgIpc) is 3.08. The third-order valence-corrected chi connectivity index (χ3v) is 5.22. The minimum absolute atomic E-state index is 0.106. The van der Waals surface area contributed by atoms with Crippen molar-refractivity contribution in [3.63, 3.8) is 0 Å². The van der Waals surface area contributed by atoms with Crippen LogP contribution in [0, 0.1) is 11.8 Å². The second-order valence-electron chi connectivity index (χ2n) is 5.77. The second-order valence-corrected chi connectivity index (χ2v) is 6.86. The van der Waals surface area contributed by atoms with E-state index in [0.29, 0.717) is 18.0 Å². The molecule has 1 fully saturated rings. The fourth-order valence-electron chi connectivity index (χ4n) is 2.54. The van der Waals surface area contributed by atoms with Gasteiger partial charge in [0.1, 0.15) is 0 Å². The van der Waals surface area contributed by atoms with Gasteiger partial charge in [0.05, 0.1) is 19.1 Å². The van der Waals surface area contributed by atoms with Crippen molar-refractivity contribution in [3.8, 4) is 0 Å². The maximum atomic E-state index is 13.8. The lowest BCUT2D eigenvalue weighted by atomic mass is 10.2. The van der Waals surface area contributed by atoms with E-state index in [4.69, 9.17) is 10.5 Å². The molecule has 1 saturated carbocycles. The molecule has 5 heteroatoms. The first-order chi connectivity index (χ1) is 11.1. The standard InChI is InChI=1S/C18H19F2NOS/c19-18(20)16(11-22-10-13-4-2-1-3-5-13)17(18)12-23-15-8-6-14(21)7-9-15/h1-9,16-17H,10-12,21H2/t16-,17+/m1/s1. The van der Waals surface area contributed by atoms with Crippen LogP contribution in [-0.4, -0.2) is 18.3 Å². The zero-order valence-electron chi connectivity index (χ0n) is 12.6. The maximum Gasteiger partial charge on any atom is 0.257 e. The molecule has 1 aliphatic carbocycles. The van der Waals surface area contributed by atoms with E-state index in [1.807, 2.05) is 42.5 Å². The predicted molar refractivity (Wildman–Crippen MR) is 89.6 cm³/mol. The van der Waals surface area contributed by atoms with E-state index < -0.39 is 17.8 Å². The Kier molecular flexibility index (Phi) is 4.87. The predicted octanol–water partition coefficient (Wildman–Crippen LogP) is 4.46. The van der Waals surface area contributed by atoms with Gasteiger partial charge in [-0.15, -0.1) is 11.8 Å². The van der Waals surface area contributed by atoms with Crippen LogP contribution in [0.2, 0.25) is 0 Å². The lowest BCUT2D eigenvalue weighted by Crippen LogP contribution is -2.03. The number of halogens is 2. The molecule has 0 amide bonds. The Labute approximate surface area is 139 Å². The summed E-state index contributed by atoms with van der Waals surface area (Å²) in [7, 11) is 0. The molecular weight excluding hydrogens is 316 g/mol. The molecule has 2 N–H and O–H groups in total. The summed E-state index contributed by atoms with van der Waals surface area (Å²) in [5.74, 6) is -3.50. The molecule has 23 heavy (non-hydrogen) atoms. The van der Waals surface area contributed by atoms with Crippen LogP contribution >= 0.6 is 11.8 Å². The minimum Gasteiger partial charge on any atom is -0.399 e. The van der Waals surface area contributed by atoms with Gasteiger partial charge in [-0.1, -0.05) is 30.3 Å². The molecule has 2 aromatic rings. The van der Waals surface area contributed by atoms with E-state index in [9.17, 15) is 8.78 Å². The minimum atomic E-state index is -2.61. The highest BCUT2D eigenvalue weighted by Crippen LogP contribution is 2.57. The highest BCUT2D eigenvalue weighted by molar-refractivity contribution is 7.99. The summed E-state index contributed by atoms with van der Waals surface area (Å²) >= 11 is 1.44. The molecule has 3 rings (SSSR count). The summed E-state index contributed by atoms with van der Waals surface area (Å²) in [6.45, 7) is 0.486. The number of hydrogen-bond donors (Lipinski definition) is 1. The fraction of sp³-hybridized carbons (Fsp3) is 0.333. The quantitative estimate of drug-likeness (QED) is 0.599. The number of nitrogen functional groups attached to an aromatic ring is 1. The first kappa shape index (κ1) is 16.3. The molecule has 0 aromatic heterocycles. The Morgan fingerprint density at radius 3 is 2.39 bits per heavy atom. The number of alkyl halides is 2. The number of anilines is 1. The Hall–Kier alpha value is -1.59. The highest BCUT2D eigenvalue weighted by atomic mass is 32.2. The third-order valence-electron chi connectivity index (χ3n) is 4.08. The Bertz CT molecular complexity index is 633.